The third-order valence-corrected chi connectivity index (χ3v) is 5.17. The number of halogens is 1. The fraction of sp³-hybridized carbons (Fsp3) is 0.417. The predicted octanol–water partition coefficient (Wildman–Crippen LogP) is 2.07. The minimum atomic E-state index is -3.43. The fourth-order valence-corrected chi connectivity index (χ4v) is 2.99. The Labute approximate surface area is 118 Å². The molecule has 0 fully saturated rings. The maximum atomic E-state index is 11.9. The molecular weight excluding hydrogens is 288 g/mol. The normalized spacial score (nSPS) is 13.0. The number of hydrogen-bond acceptors (Lipinski definition) is 4. The van der Waals surface area contributed by atoms with Crippen LogP contribution in [0, 0.1) is 0 Å². The van der Waals surface area contributed by atoms with Gasteiger partial charge in [0, 0.05) is 5.02 Å². The van der Waals surface area contributed by atoms with E-state index in [1.807, 2.05) is 0 Å². The fourth-order valence-electron chi connectivity index (χ4n) is 1.51. The van der Waals surface area contributed by atoms with Crippen LogP contribution in [-0.2, 0) is 14.6 Å². The van der Waals surface area contributed by atoms with E-state index in [2.05, 4.69) is 5.32 Å². The van der Waals surface area contributed by atoms with Gasteiger partial charge in [-0.2, -0.15) is 0 Å². The molecular formula is C12H17ClN2O3S. The maximum absolute atomic E-state index is 11.9. The summed E-state index contributed by atoms with van der Waals surface area (Å²) in [7, 11) is -3.43. The second-order valence-corrected chi connectivity index (χ2v) is 7.11. The molecule has 5 nitrogen and oxygen atoms in total. The van der Waals surface area contributed by atoms with Crippen molar-refractivity contribution in [2.75, 3.05) is 16.8 Å². The van der Waals surface area contributed by atoms with Crippen LogP contribution in [-0.4, -0.2) is 25.3 Å². The highest BCUT2D eigenvalue weighted by molar-refractivity contribution is 7.92. The molecule has 1 amide bonds. The van der Waals surface area contributed by atoms with Crippen LogP contribution in [0.2, 0.25) is 5.02 Å². The van der Waals surface area contributed by atoms with Crippen molar-refractivity contribution in [3.63, 3.8) is 0 Å². The quantitative estimate of drug-likeness (QED) is 0.815. The first-order chi connectivity index (χ1) is 8.77. The van der Waals surface area contributed by atoms with Crippen molar-refractivity contribution in [1.82, 2.24) is 0 Å². The van der Waals surface area contributed by atoms with Crippen LogP contribution in [0.25, 0.3) is 0 Å². The van der Waals surface area contributed by atoms with E-state index < -0.39 is 21.0 Å². The van der Waals surface area contributed by atoms with Gasteiger partial charge in [0.2, 0.25) is 5.91 Å². The zero-order chi connectivity index (χ0) is 14.6. The number of rotatable bonds is 5. The highest BCUT2D eigenvalue weighted by Crippen LogP contribution is 2.23. The Morgan fingerprint density at radius 1 is 1.47 bits per heavy atom. The predicted molar refractivity (Wildman–Crippen MR) is 78.0 cm³/mol. The third-order valence-electron chi connectivity index (χ3n) is 2.67. The molecule has 0 saturated heterocycles. The van der Waals surface area contributed by atoms with Gasteiger partial charge < -0.3 is 11.1 Å². The lowest BCUT2D eigenvalue weighted by atomic mass is 10.2. The Morgan fingerprint density at radius 2 is 2.11 bits per heavy atom. The molecule has 1 unspecified atom stereocenters. The van der Waals surface area contributed by atoms with E-state index >= 15 is 0 Å². The van der Waals surface area contributed by atoms with Crippen LogP contribution in [0.4, 0.5) is 11.4 Å². The Morgan fingerprint density at radius 3 is 2.63 bits per heavy atom. The lowest BCUT2D eigenvalue weighted by molar-refractivity contribution is -0.115. The molecule has 1 rings (SSSR count). The lowest BCUT2D eigenvalue weighted by Crippen LogP contribution is -2.34. The summed E-state index contributed by atoms with van der Waals surface area (Å²) in [6.45, 7) is 3.12. The molecule has 7 heteroatoms. The topological polar surface area (TPSA) is 89.3 Å². The Bertz CT molecular complexity index is 572. The van der Waals surface area contributed by atoms with Gasteiger partial charge in [-0.05, 0) is 31.5 Å². The van der Waals surface area contributed by atoms with E-state index in [-0.39, 0.29) is 5.75 Å². The molecule has 0 heterocycles. The number of carbonyl (C=O) groups is 1. The molecule has 3 N–H and O–H groups in total. The summed E-state index contributed by atoms with van der Waals surface area (Å²) in [4.78, 5) is 11.9. The summed E-state index contributed by atoms with van der Waals surface area (Å²) in [5.41, 5.74) is 6.34. The first-order valence-corrected chi connectivity index (χ1v) is 7.94. The number of carbonyl (C=O) groups excluding carboxylic acids is 1. The number of nitrogens with one attached hydrogen (secondary N) is 1. The van der Waals surface area contributed by atoms with Crippen LogP contribution in [0.3, 0.4) is 0 Å². The second kappa shape index (κ2) is 6.25. The zero-order valence-corrected chi connectivity index (χ0v) is 12.4. The van der Waals surface area contributed by atoms with Gasteiger partial charge in [0.15, 0.2) is 9.84 Å². The van der Waals surface area contributed by atoms with E-state index in [9.17, 15) is 13.2 Å². The molecule has 106 valence electrons. The van der Waals surface area contributed by atoms with E-state index in [4.69, 9.17) is 17.3 Å². The van der Waals surface area contributed by atoms with Gasteiger partial charge in [-0.25, -0.2) is 8.42 Å². The molecule has 19 heavy (non-hydrogen) atoms. The Balaban J connectivity index is 2.85. The maximum Gasteiger partial charge on any atom is 0.242 e. The highest BCUT2D eigenvalue weighted by atomic mass is 35.5. The third kappa shape index (κ3) is 4.11. The molecule has 1 aromatic rings. The van der Waals surface area contributed by atoms with Crippen molar-refractivity contribution in [1.29, 1.82) is 0 Å². The van der Waals surface area contributed by atoms with Crippen molar-refractivity contribution >= 4 is 38.7 Å². The molecule has 0 aliphatic rings. The minimum absolute atomic E-state index is 0.0162. The SMILES string of the molecule is CCCS(=O)(=O)C(C)C(=O)Nc1ccc(Cl)cc1N. The Hall–Kier alpha value is -1.27. The Kier molecular flexibility index (Phi) is 5.20. The van der Waals surface area contributed by atoms with Gasteiger partial charge in [0.05, 0.1) is 17.1 Å². The number of amides is 1. The van der Waals surface area contributed by atoms with Crippen LogP contribution in [0.5, 0.6) is 0 Å². The van der Waals surface area contributed by atoms with Crippen LogP contribution >= 0.6 is 11.6 Å². The molecule has 0 aliphatic heterocycles. The van der Waals surface area contributed by atoms with Crippen molar-refractivity contribution in [2.24, 2.45) is 0 Å². The molecule has 0 radical (unpaired) electrons. The first-order valence-electron chi connectivity index (χ1n) is 5.85. The molecule has 0 spiro atoms. The van der Waals surface area contributed by atoms with Gasteiger partial charge in [-0.3, -0.25) is 4.79 Å². The lowest BCUT2D eigenvalue weighted by Gasteiger charge is -2.14. The van der Waals surface area contributed by atoms with Gasteiger partial charge in [0.25, 0.3) is 0 Å². The standard InChI is InChI=1S/C12H17ClN2O3S/c1-3-6-19(17,18)8(2)12(16)15-11-5-4-9(13)7-10(11)14/h4-5,7-8H,3,6,14H2,1-2H3,(H,15,16). The smallest absolute Gasteiger partial charge is 0.242 e. The summed E-state index contributed by atoms with van der Waals surface area (Å²) >= 11 is 5.74. The minimum Gasteiger partial charge on any atom is -0.397 e. The number of hydrogen-bond donors (Lipinski definition) is 2. The number of nitrogens with two attached hydrogens (primary N) is 1. The van der Waals surface area contributed by atoms with Crippen LogP contribution in [0.15, 0.2) is 18.2 Å². The average molecular weight is 305 g/mol. The molecule has 0 aromatic heterocycles. The summed E-state index contributed by atoms with van der Waals surface area (Å²) in [6, 6.07) is 4.59. The molecule has 1 atom stereocenters. The largest absolute Gasteiger partial charge is 0.397 e. The first kappa shape index (κ1) is 15.8. The number of sulfone groups is 1. The van der Waals surface area contributed by atoms with E-state index in [0.717, 1.165) is 0 Å². The van der Waals surface area contributed by atoms with Crippen molar-refractivity contribution in [3.05, 3.63) is 23.2 Å². The van der Waals surface area contributed by atoms with Crippen LogP contribution < -0.4 is 11.1 Å². The molecule has 0 saturated carbocycles. The van der Waals surface area contributed by atoms with Gasteiger partial charge in [-0.15, -0.1) is 0 Å². The van der Waals surface area contributed by atoms with Crippen molar-refractivity contribution in [3.8, 4) is 0 Å². The van der Waals surface area contributed by atoms with Gasteiger partial charge in [-0.1, -0.05) is 18.5 Å². The summed E-state index contributed by atoms with van der Waals surface area (Å²) in [5, 5.41) is 1.84. The number of nitrogen functional groups attached to an aromatic ring is 1. The van der Waals surface area contributed by atoms with Gasteiger partial charge >= 0.3 is 0 Å². The summed E-state index contributed by atoms with van der Waals surface area (Å²) in [6.07, 6.45) is 0.475. The van der Waals surface area contributed by atoms with Crippen molar-refractivity contribution in [2.45, 2.75) is 25.5 Å². The zero-order valence-electron chi connectivity index (χ0n) is 10.8. The summed E-state index contributed by atoms with van der Waals surface area (Å²) in [5.74, 6) is -0.611. The van der Waals surface area contributed by atoms with E-state index in [1.165, 1.54) is 19.1 Å². The highest BCUT2D eigenvalue weighted by Gasteiger charge is 2.27. The monoisotopic (exact) mass is 304 g/mol. The molecule has 0 bridgehead atoms. The number of benzene rings is 1. The second-order valence-electron chi connectivity index (χ2n) is 4.23. The average Bonchev–Trinajstić information content (AvgIpc) is 2.31. The molecule has 1 aromatic carbocycles. The van der Waals surface area contributed by atoms with Crippen LogP contribution in [0.1, 0.15) is 20.3 Å². The number of anilines is 2. The van der Waals surface area contributed by atoms with E-state index in [1.54, 1.807) is 13.0 Å². The summed E-state index contributed by atoms with van der Waals surface area (Å²) < 4.78 is 23.6. The molecule has 0 aliphatic carbocycles. The van der Waals surface area contributed by atoms with Gasteiger partial charge in [0.1, 0.15) is 5.25 Å². The van der Waals surface area contributed by atoms with E-state index in [0.29, 0.717) is 22.8 Å². The van der Waals surface area contributed by atoms with Crippen molar-refractivity contribution < 1.29 is 13.2 Å².